The Hall–Kier alpha value is -3.93. The number of rotatable bonds is 7. The van der Waals surface area contributed by atoms with Crippen molar-refractivity contribution in [3.8, 4) is 16.9 Å². The monoisotopic (exact) mass is 433 g/mol. The maximum Gasteiger partial charge on any atom is 0.193 e. The normalized spacial score (nSPS) is 11.8. The van der Waals surface area contributed by atoms with Crippen LogP contribution in [0, 0.1) is 18.6 Å². The summed E-state index contributed by atoms with van der Waals surface area (Å²) in [5, 5.41) is 3.07. The Morgan fingerprint density at radius 2 is 1.78 bits per heavy atom. The van der Waals surface area contributed by atoms with Gasteiger partial charge >= 0.3 is 0 Å². The molecule has 1 N–H and O–H groups in total. The molecule has 3 aromatic carbocycles. The third kappa shape index (κ3) is 4.39. The molecule has 32 heavy (non-hydrogen) atoms. The van der Waals surface area contributed by atoms with E-state index in [1.807, 2.05) is 31.2 Å². The van der Waals surface area contributed by atoms with Gasteiger partial charge in [0.1, 0.15) is 29.7 Å². The Morgan fingerprint density at radius 1 is 1.00 bits per heavy atom. The zero-order valence-electron chi connectivity index (χ0n) is 17.6. The Balaban J connectivity index is 1.77. The molecular formula is C26H21F2NO3. The lowest BCUT2D eigenvalue weighted by Gasteiger charge is -2.20. The van der Waals surface area contributed by atoms with Gasteiger partial charge in [-0.15, -0.1) is 0 Å². The molecule has 0 fully saturated rings. The lowest BCUT2D eigenvalue weighted by atomic mass is 9.93. The molecule has 4 rings (SSSR count). The summed E-state index contributed by atoms with van der Waals surface area (Å²) in [6.45, 7) is 1.97. The molecule has 4 aromatic rings. The van der Waals surface area contributed by atoms with E-state index < -0.39 is 23.5 Å². The number of hydrogen-bond acceptors (Lipinski definition) is 4. The van der Waals surface area contributed by atoms with Crippen molar-refractivity contribution in [3.05, 3.63) is 108 Å². The summed E-state index contributed by atoms with van der Waals surface area (Å²) in [7, 11) is 1.53. The van der Waals surface area contributed by atoms with Gasteiger partial charge in [0, 0.05) is 28.9 Å². The predicted octanol–water partition coefficient (Wildman–Crippen LogP) is 6.58. The number of carbonyl (C=O) groups excluding carboxylic acids is 1. The number of ketones is 1. The molecule has 0 spiro atoms. The van der Waals surface area contributed by atoms with Crippen molar-refractivity contribution in [1.82, 2.24) is 0 Å². The van der Waals surface area contributed by atoms with Crippen LogP contribution in [0.25, 0.3) is 11.1 Å². The van der Waals surface area contributed by atoms with Crippen molar-refractivity contribution in [3.63, 3.8) is 0 Å². The minimum atomic E-state index is -1.12. The van der Waals surface area contributed by atoms with E-state index in [-0.39, 0.29) is 11.1 Å². The molecule has 1 atom stereocenters. The summed E-state index contributed by atoms with van der Waals surface area (Å²) in [6, 6.07) is 16.6. The van der Waals surface area contributed by atoms with Crippen LogP contribution in [0.1, 0.15) is 27.5 Å². The number of hydrogen-bond donors (Lipinski definition) is 1. The fourth-order valence-electron chi connectivity index (χ4n) is 3.50. The first-order valence-corrected chi connectivity index (χ1v) is 9.99. The molecule has 0 bridgehead atoms. The first-order valence-electron chi connectivity index (χ1n) is 9.99. The van der Waals surface area contributed by atoms with Crippen molar-refractivity contribution in [1.29, 1.82) is 0 Å². The highest BCUT2D eigenvalue weighted by molar-refractivity contribution is 6.06. The van der Waals surface area contributed by atoms with Crippen LogP contribution in [0.15, 0.2) is 83.7 Å². The lowest BCUT2D eigenvalue weighted by Crippen LogP contribution is -2.22. The topological polar surface area (TPSA) is 51.5 Å². The molecule has 1 unspecified atom stereocenters. The second-order valence-electron chi connectivity index (χ2n) is 7.40. The van der Waals surface area contributed by atoms with Crippen LogP contribution in [-0.2, 0) is 0 Å². The number of anilines is 1. The summed E-state index contributed by atoms with van der Waals surface area (Å²) >= 11 is 0. The van der Waals surface area contributed by atoms with Gasteiger partial charge in [0.25, 0.3) is 0 Å². The van der Waals surface area contributed by atoms with Gasteiger partial charge in [0.2, 0.25) is 0 Å². The number of carbonyl (C=O) groups is 1. The zero-order chi connectivity index (χ0) is 22.7. The fraction of sp³-hybridized carbons (Fsp3) is 0.115. The van der Waals surface area contributed by atoms with E-state index in [0.29, 0.717) is 17.0 Å². The van der Waals surface area contributed by atoms with E-state index >= 15 is 0 Å². The van der Waals surface area contributed by atoms with Gasteiger partial charge in [-0.05, 0) is 30.7 Å². The van der Waals surface area contributed by atoms with Crippen molar-refractivity contribution >= 4 is 11.5 Å². The molecule has 0 saturated carbocycles. The molecule has 1 aromatic heterocycles. The number of ether oxygens (including phenoxy) is 1. The summed E-state index contributed by atoms with van der Waals surface area (Å²) in [4.78, 5) is 13.6. The number of halogens is 2. The fourth-order valence-corrected chi connectivity index (χ4v) is 3.50. The van der Waals surface area contributed by atoms with Crippen LogP contribution in [0.3, 0.4) is 0 Å². The van der Waals surface area contributed by atoms with Gasteiger partial charge in [-0.3, -0.25) is 4.79 Å². The predicted molar refractivity (Wildman–Crippen MR) is 119 cm³/mol. The maximum atomic E-state index is 14.7. The molecule has 0 amide bonds. The van der Waals surface area contributed by atoms with Crippen LogP contribution in [-0.4, -0.2) is 12.9 Å². The Bertz CT molecular complexity index is 1250. The number of benzene rings is 3. The van der Waals surface area contributed by atoms with Gasteiger partial charge in [-0.2, -0.15) is 0 Å². The minimum Gasteiger partial charge on any atom is -0.497 e. The molecule has 1 heterocycles. The van der Waals surface area contributed by atoms with Crippen LogP contribution < -0.4 is 10.1 Å². The first-order chi connectivity index (χ1) is 15.5. The van der Waals surface area contributed by atoms with Gasteiger partial charge in [-0.25, -0.2) is 8.78 Å². The van der Waals surface area contributed by atoms with E-state index in [1.165, 1.54) is 25.7 Å². The number of furan rings is 1. The molecule has 0 aliphatic heterocycles. The summed E-state index contributed by atoms with van der Waals surface area (Å²) < 4.78 is 38.9. The van der Waals surface area contributed by atoms with Crippen LogP contribution in [0.4, 0.5) is 14.5 Å². The van der Waals surface area contributed by atoms with Crippen LogP contribution in [0.5, 0.6) is 5.75 Å². The SMILES string of the molecule is COc1cccc(NC(C(=O)c2cocc2-c2ccc(C)cc2)c2ccc(F)cc2F)c1. The third-order valence-electron chi connectivity index (χ3n) is 5.21. The molecule has 0 saturated heterocycles. The molecule has 0 aliphatic rings. The highest BCUT2D eigenvalue weighted by atomic mass is 19.1. The zero-order valence-corrected chi connectivity index (χ0v) is 17.6. The average molecular weight is 433 g/mol. The van der Waals surface area contributed by atoms with Crippen molar-refractivity contribution < 1.29 is 22.7 Å². The molecule has 6 heteroatoms. The van der Waals surface area contributed by atoms with Crippen molar-refractivity contribution in [2.75, 3.05) is 12.4 Å². The van der Waals surface area contributed by atoms with Gasteiger partial charge in [0.15, 0.2) is 5.78 Å². The number of methoxy groups -OCH3 is 1. The van der Waals surface area contributed by atoms with Crippen molar-refractivity contribution in [2.45, 2.75) is 13.0 Å². The van der Waals surface area contributed by atoms with Crippen LogP contribution >= 0.6 is 0 Å². The van der Waals surface area contributed by atoms with E-state index in [9.17, 15) is 13.6 Å². The maximum absolute atomic E-state index is 14.7. The summed E-state index contributed by atoms with van der Waals surface area (Å²) in [6.07, 6.45) is 2.83. The molecule has 4 nitrogen and oxygen atoms in total. The second-order valence-corrected chi connectivity index (χ2v) is 7.40. The Labute approximate surface area is 184 Å². The molecular weight excluding hydrogens is 412 g/mol. The van der Waals surface area contributed by atoms with E-state index in [1.54, 1.807) is 24.3 Å². The molecule has 0 radical (unpaired) electrons. The largest absolute Gasteiger partial charge is 0.497 e. The smallest absolute Gasteiger partial charge is 0.193 e. The minimum absolute atomic E-state index is 0.0234. The first kappa shape index (κ1) is 21.3. The summed E-state index contributed by atoms with van der Waals surface area (Å²) in [5.41, 5.74) is 3.33. The van der Waals surface area contributed by atoms with Crippen LogP contribution in [0.2, 0.25) is 0 Å². The highest BCUT2D eigenvalue weighted by Gasteiger charge is 2.28. The number of aryl methyl sites for hydroxylation is 1. The van der Waals surface area contributed by atoms with Gasteiger partial charge in [-0.1, -0.05) is 42.0 Å². The summed E-state index contributed by atoms with van der Waals surface area (Å²) in [5.74, 6) is -1.38. The van der Waals surface area contributed by atoms with Gasteiger partial charge in [0.05, 0.1) is 18.9 Å². The number of Topliss-reactive ketones (excluding diaryl/α,β-unsaturated/α-hetero) is 1. The standard InChI is InChI=1S/C26H21F2NO3/c1-16-6-8-17(9-7-16)22-14-32-15-23(22)26(30)25(21-11-10-18(27)12-24(21)28)29-19-4-3-5-20(13-19)31-2/h3-15,25,29H,1-2H3. The quantitative estimate of drug-likeness (QED) is 0.335. The Morgan fingerprint density at radius 3 is 2.50 bits per heavy atom. The van der Waals surface area contributed by atoms with E-state index in [2.05, 4.69) is 5.32 Å². The van der Waals surface area contributed by atoms with Crippen molar-refractivity contribution in [2.24, 2.45) is 0 Å². The second kappa shape index (κ2) is 9.06. The van der Waals surface area contributed by atoms with E-state index in [0.717, 1.165) is 23.3 Å². The lowest BCUT2D eigenvalue weighted by molar-refractivity contribution is 0.0968. The van der Waals surface area contributed by atoms with E-state index in [4.69, 9.17) is 9.15 Å². The highest BCUT2D eigenvalue weighted by Crippen LogP contribution is 2.32. The molecule has 0 aliphatic carbocycles. The average Bonchev–Trinajstić information content (AvgIpc) is 3.28. The third-order valence-corrected chi connectivity index (χ3v) is 5.21. The number of nitrogens with one attached hydrogen (secondary N) is 1. The Kier molecular flexibility index (Phi) is 6.03. The van der Waals surface area contributed by atoms with Gasteiger partial charge < -0.3 is 14.5 Å². The molecule has 162 valence electrons.